The van der Waals surface area contributed by atoms with Crippen molar-refractivity contribution in [2.45, 2.75) is 58.4 Å². The number of nitrogens with two attached hydrogens (primary N) is 1. The molecule has 1 aromatic carbocycles. The summed E-state index contributed by atoms with van der Waals surface area (Å²) in [7, 11) is 0. The summed E-state index contributed by atoms with van der Waals surface area (Å²) in [6, 6.07) is 5.48. The number of benzene rings is 1. The molecule has 0 aliphatic heterocycles. The first-order chi connectivity index (χ1) is 8.96. The standard InChI is InChI=1S/C17H26FN/c1-4-13-7-5-6-8-15(13)17(3,19)14-10-9-12(2)16(18)11-14/h9-11,13,15H,4-8,19H2,1-3H3. The predicted octanol–water partition coefficient (Wildman–Crippen LogP) is 4.52. The molecule has 1 nitrogen and oxygen atoms in total. The Balaban J connectivity index is 2.31. The SMILES string of the molecule is CCC1CCCCC1C(C)(N)c1ccc(C)c(F)c1. The molecule has 1 fully saturated rings. The van der Waals surface area contributed by atoms with E-state index in [0.29, 0.717) is 17.4 Å². The van der Waals surface area contributed by atoms with Crippen LogP contribution in [0.4, 0.5) is 4.39 Å². The lowest BCUT2D eigenvalue weighted by molar-refractivity contribution is 0.138. The van der Waals surface area contributed by atoms with Crippen molar-refractivity contribution in [1.29, 1.82) is 0 Å². The highest BCUT2D eigenvalue weighted by Crippen LogP contribution is 2.42. The summed E-state index contributed by atoms with van der Waals surface area (Å²) in [6.45, 7) is 6.12. The van der Waals surface area contributed by atoms with Gasteiger partial charge in [0.1, 0.15) is 5.82 Å². The topological polar surface area (TPSA) is 26.0 Å². The van der Waals surface area contributed by atoms with Gasteiger partial charge in [-0.05, 0) is 49.3 Å². The van der Waals surface area contributed by atoms with Gasteiger partial charge in [-0.1, -0.05) is 44.7 Å². The van der Waals surface area contributed by atoms with Gasteiger partial charge in [-0.2, -0.15) is 0 Å². The van der Waals surface area contributed by atoms with Crippen molar-refractivity contribution in [2.75, 3.05) is 0 Å². The molecule has 2 N–H and O–H groups in total. The Kier molecular flexibility index (Phi) is 4.29. The van der Waals surface area contributed by atoms with Gasteiger partial charge >= 0.3 is 0 Å². The predicted molar refractivity (Wildman–Crippen MR) is 78.4 cm³/mol. The van der Waals surface area contributed by atoms with Gasteiger partial charge in [-0.3, -0.25) is 0 Å². The van der Waals surface area contributed by atoms with Crippen molar-refractivity contribution in [3.63, 3.8) is 0 Å². The second-order valence-corrected chi connectivity index (χ2v) is 6.31. The minimum Gasteiger partial charge on any atom is -0.321 e. The van der Waals surface area contributed by atoms with Crippen LogP contribution in [0.25, 0.3) is 0 Å². The van der Waals surface area contributed by atoms with Gasteiger partial charge in [0.15, 0.2) is 0 Å². The van der Waals surface area contributed by atoms with Gasteiger partial charge in [0, 0.05) is 5.54 Å². The highest BCUT2D eigenvalue weighted by atomic mass is 19.1. The van der Waals surface area contributed by atoms with Gasteiger partial charge in [0.2, 0.25) is 0 Å². The molecule has 1 saturated carbocycles. The molecule has 1 aliphatic rings. The molecule has 3 atom stereocenters. The molecule has 106 valence electrons. The Bertz CT molecular complexity index is 439. The van der Waals surface area contributed by atoms with Crippen molar-refractivity contribution in [3.05, 3.63) is 35.1 Å². The molecule has 1 aromatic rings. The first kappa shape index (κ1) is 14.5. The Morgan fingerprint density at radius 1 is 1.32 bits per heavy atom. The number of halogens is 1. The fourth-order valence-corrected chi connectivity index (χ4v) is 3.63. The van der Waals surface area contributed by atoms with Crippen molar-refractivity contribution >= 4 is 0 Å². The van der Waals surface area contributed by atoms with E-state index >= 15 is 0 Å². The molecule has 0 saturated heterocycles. The fourth-order valence-electron chi connectivity index (χ4n) is 3.63. The lowest BCUT2D eigenvalue weighted by Crippen LogP contribution is -2.45. The number of hydrogen-bond donors (Lipinski definition) is 1. The first-order valence-electron chi connectivity index (χ1n) is 7.52. The molecule has 19 heavy (non-hydrogen) atoms. The van der Waals surface area contributed by atoms with E-state index in [0.717, 1.165) is 5.56 Å². The molecule has 0 bridgehead atoms. The molecule has 0 heterocycles. The fraction of sp³-hybridized carbons (Fsp3) is 0.647. The lowest BCUT2D eigenvalue weighted by atomic mass is 9.66. The minimum absolute atomic E-state index is 0.141. The van der Waals surface area contributed by atoms with Gasteiger partial charge in [-0.25, -0.2) is 4.39 Å². The summed E-state index contributed by atoms with van der Waals surface area (Å²) in [4.78, 5) is 0. The van der Waals surface area contributed by atoms with Crippen LogP contribution in [0, 0.1) is 24.6 Å². The van der Waals surface area contributed by atoms with E-state index in [1.807, 2.05) is 12.1 Å². The number of aryl methyl sites for hydroxylation is 1. The zero-order valence-electron chi connectivity index (χ0n) is 12.4. The van der Waals surface area contributed by atoms with Crippen LogP contribution in [-0.4, -0.2) is 0 Å². The molecule has 0 spiro atoms. The monoisotopic (exact) mass is 263 g/mol. The average Bonchev–Trinajstić information content (AvgIpc) is 2.41. The Morgan fingerprint density at radius 2 is 2.00 bits per heavy atom. The molecular formula is C17H26FN. The van der Waals surface area contributed by atoms with Gasteiger partial charge in [-0.15, -0.1) is 0 Å². The number of hydrogen-bond acceptors (Lipinski definition) is 1. The quantitative estimate of drug-likeness (QED) is 0.852. The minimum atomic E-state index is -0.421. The maximum Gasteiger partial charge on any atom is 0.126 e. The average molecular weight is 263 g/mol. The smallest absolute Gasteiger partial charge is 0.126 e. The van der Waals surface area contributed by atoms with Crippen LogP contribution in [0.3, 0.4) is 0 Å². The van der Waals surface area contributed by atoms with Crippen molar-refractivity contribution in [2.24, 2.45) is 17.6 Å². The largest absolute Gasteiger partial charge is 0.321 e. The summed E-state index contributed by atoms with van der Waals surface area (Å²) in [5.74, 6) is 1.000. The van der Waals surface area contributed by atoms with Crippen LogP contribution in [0.5, 0.6) is 0 Å². The first-order valence-corrected chi connectivity index (χ1v) is 7.52. The highest BCUT2D eigenvalue weighted by molar-refractivity contribution is 5.29. The van der Waals surface area contributed by atoms with Gasteiger partial charge in [0.05, 0.1) is 0 Å². The second kappa shape index (κ2) is 5.62. The van der Waals surface area contributed by atoms with Crippen LogP contribution in [0.1, 0.15) is 57.1 Å². The molecule has 3 unspecified atom stereocenters. The zero-order valence-corrected chi connectivity index (χ0v) is 12.4. The van der Waals surface area contributed by atoms with E-state index in [1.54, 1.807) is 13.0 Å². The van der Waals surface area contributed by atoms with E-state index in [4.69, 9.17) is 5.73 Å². The Labute approximate surface area is 116 Å². The van der Waals surface area contributed by atoms with Crippen LogP contribution in [0.15, 0.2) is 18.2 Å². The highest BCUT2D eigenvalue weighted by Gasteiger charge is 2.38. The van der Waals surface area contributed by atoms with Crippen LogP contribution < -0.4 is 5.73 Å². The molecular weight excluding hydrogens is 237 g/mol. The van der Waals surface area contributed by atoms with Gasteiger partial charge in [0.25, 0.3) is 0 Å². The van der Waals surface area contributed by atoms with E-state index < -0.39 is 5.54 Å². The molecule has 1 aliphatic carbocycles. The second-order valence-electron chi connectivity index (χ2n) is 6.31. The van der Waals surface area contributed by atoms with E-state index in [1.165, 1.54) is 32.1 Å². The molecule has 2 rings (SSSR count). The van der Waals surface area contributed by atoms with Gasteiger partial charge < -0.3 is 5.73 Å². The summed E-state index contributed by atoms with van der Waals surface area (Å²) in [5, 5.41) is 0. The summed E-state index contributed by atoms with van der Waals surface area (Å²) >= 11 is 0. The third-order valence-electron chi connectivity index (χ3n) is 5.00. The van der Waals surface area contributed by atoms with Crippen LogP contribution in [0.2, 0.25) is 0 Å². The number of rotatable bonds is 3. The molecule has 0 radical (unpaired) electrons. The summed E-state index contributed by atoms with van der Waals surface area (Å²) in [6.07, 6.45) is 6.17. The molecule has 0 aromatic heterocycles. The van der Waals surface area contributed by atoms with E-state index in [9.17, 15) is 4.39 Å². The lowest BCUT2D eigenvalue weighted by Gasteiger charge is -2.42. The Morgan fingerprint density at radius 3 is 2.63 bits per heavy atom. The zero-order chi connectivity index (χ0) is 14.0. The third-order valence-corrected chi connectivity index (χ3v) is 5.00. The third kappa shape index (κ3) is 2.84. The van der Waals surface area contributed by atoms with E-state index in [-0.39, 0.29) is 5.82 Å². The van der Waals surface area contributed by atoms with Crippen molar-refractivity contribution in [1.82, 2.24) is 0 Å². The van der Waals surface area contributed by atoms with E-state index in [2.05, 4.69) is 13.8 Å². The van der Waals surface area contributed by atoms with Crippen molar-refractivity contribution in [3.8, 4) is 0 Å². The molecule has 0 amide bonds. The Hall–Kier alpha value is -0.890. The summed E-state index contributed by atoms with van der Waals surface area (Å²) < 4.78 is 13.8. The maximum absolute atomic E-state index is 13.8. The molecule has 2 heteroatoms. The summed E-state index contributed by atoms with van der Waals surface area (Å²) in [5.41, 5.74) is 7.85. The van der Waals surface area contributed by atoms with Crippen LogP contribution in [-0.2, 0) is 5.54 Å². The maximum atomic E-state index is 13.8. The van der Waals surface area contributed by atoms with Crippen molar-refractivity contribution < 1.29 is 4.39 Å². The van der Waals surface area contributed by atoms with Crippen LogP contribution >= 0.6 is 0 Å². The normalized spacial score (nSPS) is 27.0.